The van der Waals surface area contributed by atoms with Crippen LogP contribution in [0.25, 0.3) is 10.9 Å². The van der Waals surface area contributed by atoms with Gasteiger partial charge < -0.3 is 4.98 Å². The fourth-order valence-corrected chi connectivity index (χ4v) is 2.56. The van der Waals surface area contributed by atoms with Gasteiger partial charge in [0.1, 0.15) is 6.29 Å². The number of aromatic amines is 1. The van der Waals surface area contributed by atoms with Crippen LogP contribution in [0, 0.1) is 6.92 Å². The van der Waals surface area contributed by atoms with Crippen LogP contribution >= 0.6 is 0 Å². The maximum absolute atomic E-state index is 11.1. The minimum atomic E-state index is 0.771. The number of aldehydes is 1. The largest absolute Gasteiger partial charge is 0.358 e. The first-order chi connectivity index (χ1) is 9.29. The Balaban J connectivity index is 2.10. The Labute approximate surface area is 112 Å². The molecule has 0 aliphatic heterocycles. The monoisotopic (exact) mass is 249 g/mol. The molecule has 0 aliphatic carbocycles. The zero-order valence-electron chi connectivity index (χ0n) is 10.8. The van der Waals surface area contributed by atoms with Crippen molar-refractivity contribution in [1.29, 1.82) is 0 Å². The SMILES string of the molecule is Cc1[nH]c2ccccc2c1Cc1ccccc1C=O. The standard InChI is InChI=1S/C17H15NO/c1-12-16(15-8-4-5-9-17(15)18-12)10-13-6-2-3-7-14(13)11-19/h2-9,11,18H,10H2,1H3. The minimum absolute atomic E-state index is 0.771. The van der Waals surface area contributed by atoms with Crippen molar-refractivity contribution in [1.82, 2.24) is 4.98 Å². The smallest absolute Gasteiger partial charge is 0.150 e. The van der Waals surface area contributed by atoms with E-state index in [0.29, 0.717) is 0 Å². The first-order valence-electron chi connectivity index (χ1n) is 6.39. The van der Waals surface area contributed by atoms with Crippen molar-refractivity contribution >= 4 is 17.2 Å². The van der Waals surface area contributed by atoms with E-state index in [2.05, 4.69) is 24.0 Å². The van der Waals surface area contributed by atoms with E-state index in [1.165, 1.54) is 16.6 Å². The van der Waals surface area contributed by atoms with Gasteiger partial charge in [-0.25, -0.2) is 0 Å². The molecule has 0 fully saturated rings. The van der Waals surface area contributed by atoms with Crippen molar-refractivity contribution in [2.24, 2.45) is 0 Å². The number of H-pyrrole nitrogens is 1. The summed E-state index contributed by atoms with van der Waals surface area (Å²) in [6, 6.07) is 16.0. The van der Waals surface area contributed by atoms with Gasteiger partial charge in [0.2, 0.25) is 0 Å². The Kier molecular flexibility index (Phi) is 2.92. The Hall–Kier alpha value is -2.35. The highest BCUT2D eigenvalue weighted by Crippen LogP contribution is 2.25. The van der Waals surface area contributed by atoms with Gasteiger partial charge in [-0.3, -0.25) is 4.79 Å². The summed E-state index contributed by atoms with van der Waals surface area (Å²) < 4.78 is 0. The average Bonchev–Trinajstić information content (AvgIpc) is 2.76. The molecule has 19 heavy (non-hydrogen) atoms. The quantitative estimate of drug-likeness (QED) is 0.702. The third kappa shape index (κ3) is 2.06. The summed E-state index contributed by atoms with van der Waals surface area (Å²) in [5, 5.41) is 1.24. The molecule has 3 aromatic rings. The predicted octanol–water partition coefficient (Wildman–Crippen LogP) is 3.88. The number of aryl methyl sites for hydroxylation is 1. The number of hydrogen-bond acceptors (Lipinski definition) is 1. The molecule has 0 saturated heterocycles. The first-order valence-corrected chi connectivity index (χ1v) is 6.39. The lowest BCUT2D eigenvalue weighted by atomic mass is 9.98. The van der Waals surface area contributed by atoms with Crippen molar-refractivity contribution in [2.75, 3.05) is 0 Å². The van der Waals surface area contributed by atoms with Gasteiger partial charge in [-0.15, -0.1) is 0 Å². The Morgan fingerprint density at radius 1 is 1.05 bits per heavy atom. The molecule has 0 atom stereocenters. The van der Waals surface area contributed by atoms with Gasteiger partial charge in [0.25, 0.3) is 0 Å². The third-order valence-electron chi connectivity index (χ3n) is 3.58. The number of rotatable bonds is 3. The lowest BCUT2D eigenvalue weighted by molar-refractivity contribution is 0.112. The summed E-state index contributed by atoms with van der Waals surface area (Å²) in [5.41, 5.74) is 5.43. The number of nitrogens with one attached hydrogen (secondary N) is 1. The maximum Gasteiger partial charge on any atom is 0.150 e. The second kappa shape index (κ2) is 4.73. The molecule has 0 bridgehead atoms. The summed E-state index contributed by atoms with van der Waals surface area (Å²) >= 11 is 0. The summed E-state index contributed by atoms with van der Waals surface area (Å²) in [6.07, 6.45) is 1.71. The van der Waals surface area contributed by atoms with Crippen molar-refractivity contribution in [3.8, 4) is 0 Å². The molecular formula is C17H15NO. The summed E-state index contributed by atoms with van der Waals surface area (Å²) in [5.74, 6) is 0. The van der Waals surface area contributed by atoms with Crippen molar-refractivity contribution < 1.29 is 4.79 Å². The van der Waals surface area contributed by atoms with E-state index in [0.717, 1.165) is 29.4 Å². The number of benzene rings is 2. The Morgan fingerprint density at radius 3 is 2.63 bits per heavy atom. The van der Waals surface area contributed by atoms with Crippen LogP contribution in [0.15, 0.2) is 48.5 Å². The van der Waals surface area contributed by atoms with Crippen molar-refractivity contribution in [3.05, 3.63) is 70.9 Å². The van der Waals surface area contributed by atoms with E-state index in [1.54, 1.807) is 0 Å². The highest BCUT2D eigenvalue weighted by atomic mass is 16.1. The second-order valence-electron chi connectivity index (χ2n) is 4.77. The van der Waals surface area contributed by atoms with Gasteiger partial charge in [-0.05, 0) is 24.1 Å². The molecule has 2 nitrogen and oxygen atoms in total. The molecule has 0 saturated carbocycles. The van der Waals surface area contributed by atoms with Crippen LogP contribution in [0.4, 0.5) is 0 Å². The summed E-state index contributed by atoms with van der Waals surface area (Å²) in [7, 11) is 0. The molecule has 0 aliphatic rings. The number of para-hydroxylation sites is 1. The van der Waals surface area contributed by atoms with Crippen molar-refractivity contribution in [3.63, 3.8) is 0 Å². The van der Waals surface area contributed by atoms with Gasteiger partial charge >= 0.3 is 0 Å². The lowest BCUT2D eigenvalue weighted by Gasteiger charge is -2.05. The molecule has 0 amide bonds. The van der Waals surface area contributed by atoms with Gasteiger partial charge in [-0.2, -0.15) is 0 Å². The Morgan fingerprint density at radius 2 is 1.79 bits per heavy atom. The van der Waals surface area contributed by atoms with Crippen LogP contribution in [-0.2, 0) is 6.42 Å². The Bertz CT molecular complexity index is 740. The average molecular weight is 249 g/mol. The molecule has 94 valence electrons. The molecule has 1 aromatic heterocycles. The molecule has 0 radical (unpaired) electrons. The molecule has 3 rings (SSSR count). The predicted molar refractivity (Wildman–Crippen MR) is 77.7 cm³/mol. The lowest BCUT2D eigenvalue weighted by Crippen LogP contribution is -1.95. The second-order valence-corrected chi connectivity index (χ2v) is 4.77. The van der Waals surface area contributed by atoms with Crippen LogP contribution in [0.5, 0.6) is 0 Å². The molecule has 0 spiro atoms. The van der Waals surface area contributed by atoms with Gasteiger partial charge in [0.15, 0.2) is 0 Å². The first kappa shape index (κ1) is 11.7. The molecule has 1 heterocycles. The molecular weight excluding hydrogens is 234 g/mol. The molecule has 2 aromatic carbocycles. The van der Waals surface area contributed by atoms with E-state index in [4.69, 9.17) is 0 Å². The van der Waals surface area contributed by atoms with Crippen molar-refractivity contribution in [2.45, 2.75) is 13.3 Å². The summed E-state index contributed by atoms with van der Waals surface area (Å²) in [6.45, 7) is 2.08. The zero-order chi connectivity index (χ0) is 13.2. The van der Waals surface area contributed by atoms with Crippen LogP contribution in [0.1, 0.15) is 27.2 Å². The highest BCUT2D eigenvalue weighted by Gasteiger charge is 2.10. The normalized spacial score (nSPS) is 10.8. The highest BCUT2D eigenvalue weighted by molar-refractivity contribution is 5.85. The number of fused-ring (bicyclic) bond motifs is 1. The molecule has 2 heteroatoms. The topological polar surface area (TPSA) is 32.9 Å². The number of hydrogen-bond donors (Lipinski definition) is 1. The van der Waals surface area contributed by atoms with Crippen LogP contribution in [0.2, 0.25) is 0 Å². The third-order valence-corrected chi connectivity index (χ3v) is 3.58. The van der Waals surface area contributed by atoms with Crippen LogP contribution < -0.4 is 0 Å². The van der Waals surface area contributed by atoms with Crippen LogP contribution in [0.3, 0.4) is 0 Å². The number of carbonyl (C=O) groups is 1. The molecule has 0 unspecified atom stereocenters. The molecule has 1 N–H and O–H groups in total. The van der Waals surface area contributed by atoms with E-state index >= 15 is 0 Å². The van der Waals surface area contributed by atoms with Crippen LogP contribution in [-0.4, -0.2) is 11.3 Å². The van der Waals surface area contributed by atoms with E-state index in [1.807, 2.05) is 36.4 Å². The van der Waals surface area contributed by atoms with Gasteiger partial charge in [0.05, 0.1) is 0 Å². The minimum Gasteiger partial charge on any atom is -0.358 e. The zero-order valence-corrected chi connectivity index (χ0v) is 10.8. The van der Waals surface area contributed by atoms with E-state index in [9.17, 15) is 4.79 Å². The van der Waals surface area contributed by atoms with Gasteiger partial charge in [-0.1, -0.05) is 42.5 Å². The fourth-order valence-electron chi connectivity index (χ4n) is 2.56. The maximum atomic E-state index is 11.1. The number of aromatic nitrogens is 1. The fraction of sp³-hybridized carbons (Fsp3) is 0.118. The van der Waals surface area contributed by atoms with Gasteiger partial charge in [0, 0.05) is 28.6 Å². The number of carbonyl (C=O) groups excluding carboxylic acids is 1. The van der Waals surface area contributed by atoms with E-state index < -0.39 is 0 Å². The summed E-state index contributed by atoms with van der Waals surface area (Å²) in [4.78, 5) is 14.5. The van der Waals surface area contributed by atoms with E-state index in [-0.39, 0.29) is 0 Å².